The number of nitrogens with zero attached hydrogens (tertiary/aromatic N) is 2. The molecule has 0 bridgehead atoms. The van der Waals surface area contributed by atoms with Crippen LogP contribution in [-0.4, -0.2) is 9.78 Å². The summed E-state index contributed by atoms with van der Waals surface area (Å²) in [6.45, 7) is 3.92. The molecule has 0 spiro atoms. The summed E-state index contributed by atoms with van der Waals surface area (Å²) in [7, 11) is 0. The number of para-hydroxylation sites is 1. The van der Waals surface area contributed by atoms with E-state index in [1.54, 1.807) is 0 Å². The van der Waals surface area contributed by atoms with Crippen LogP contribution in [0.15, 0.2) is 66.7 Å². The van der Waals surface area contributed by atoms with Crippen molar-refractivity contribution in [3.63, 3.8) is 0 Å². The number of hydrogen-bond donors (Lipinski definition) is 0. The van der Waals surface area contributed by atoms with E-state index in [9.17, 15) is 0 Å². The molecule has 0 saturated heterocycles. The summed E-state index contributed by atoms with van der Waals surface area (Å²) in [5.41, 5.74) is 4.03. The minimum Gasteiger partial charge on any atom is -0.253 e. The zero-order valence-corrected chi connectivity index (χ0v) is 17.2. The van der Waals surface area contributed by atoms with Crippen LogP contribution < -0.4 is 68.9 Å². The molecule has 1 aromatic heterocycles. The van der Waals surface area contributed by atoms with Gasteiger partial charge >= 0.3 is 68.9 Å². The average Bonchev–Trinajstić information content (AvgIpc) is 2.83. The standard InChI is InChI=1S/C16H13N2.Cs/c1-13-12-16(14-8-4-2-5-9-14)18(17-13)15-10-6-3-7-11-15;/h2-12H,1H2;/q-1;+1. The molecule has 0 unspecified atom stereocenters. The first kappa shape index (κ1) is 15.0. The molecule has 0 radical (unpaired) electrons. The van der Waals surface area contributed by atoms with Crippen LogP contribution in [0, 0.1) is 6.92 Å². The van der Waals surface area contributed by atoms with Crippen molar-refractivity contribution in [3.8, 4) is 16.9 Å². The molecule has 0 saturated carbocycles. The molecule has 0 aliphatic heterocycles. The van der Waals surface area contributed by atoms with Gasteiger partial charge in [0.15, 0.2) is 0 Å². The molecule has 0 aliphatic carbocycles. The average molecular weight is 366 g/mol. The minimum atomic E-state index is 0. The predicted octanol–water partition coefficient (Wildman–Crippen LogP) is 0.725. The Labute approximate surface area is 172 Å². The van der Waals surface area contributed by atoms with Crippen molar-refractivity contribution in [1.29, 1.82) is 0 Å². The Morgan fingerprint density at radius 3 is 2.05 bits per heavy atom. The number of aromatic nitrogens is 2. The van der Waals surface area contributed by atoms with Gasteiger partial charge in [0.2, 0.25) is 0 Å². The van der Waals surface area contributed by atoms with Gasteiger partial charge in [0.1, 0.15) is 0 Å². The summed E-state index contributed by atoms with van der Waals surface area (Å²) in [4.78, 5) is 0. The van der Waals surface area contributed by atoms with Gasteiger partial charge in [0.05, 0.1) is 5.69 Å². The zero-order valence-electron chi connectivity index (χ0n) is 11.0. The van der Waals surface area contributed by atoms with Crippen LogP contribution in [0.2, 0.25) is 0 Å². The second-order valence-corrected chi connectivity index (χ2v) is 4.13. The summed E-state index contributed by atoms with van der Waals surface area (Å²) in [6.07, 6.45) is 0. The normalized spacial score (nSPS) is 9.89. The van der Waals surface area contributed by atoms with Crippen molar-refractivity contribution in [3.05, 3.63) is 79.3 Å². The molecule has 0 fully saturated rings. The molecule has 3 aromatic rings. The van der Waals surface area contributed by atoms with Gasteiger partial charge in [-0.15, -0.1) is 0 Å². The number of hydrogen-bond acceptors (Lipinski definition) is 1. The van der Waals surface area contributed by atoms with Gasteiger partial charge in [-0.25, -0.2) is 12.0 Å². The minimum absolute atomic E-state index is 0. The van der Waals surface area contributed by atoms with E-state index in [4.69, 9.17) is 0 Å². The van der Waals surface area contributed by atoms with Crippen LogP contribution in [-0.2, 0) is 0 Å². The third-order valence-corrected chi connectivity index (χ3v) is 2.83. The van der Waals surface area contributed by atoms with Crippen molar-refractivity contribution >= 4 is 0 Å². The van der Waals surface area contributed by atoms with E-state index < -0.39 is 0 Å². The Kier molecular flexibility index (Phi) is 5.39. The summed E-state index contributed by atoms with van der Waals surface area (Å²) in [5.74, 6) is 0. The summed E-state index contributed by atoms with van der Waals surface area (Å²) >= 11 is 0. The van der Waals surface area contributed by atoms with Gasteiger partial charge in [-0.05, 0) is 23.4 Å². The van der Waals surface area contributed by atoms with Crippen LogP contribution in [0.1, 0.15) is 5.69 Å². The second kappa shape index (κ2) is 6.83. The van der Waals surface area contributed by atoms with Crippen LogP contribution >= 0.6 is 0 Å². The second-order valence-electron chi connectivity index (χ2n) is 4.13. The molecule has 1 heterocycles. The smallest absolute Gasteiger partial charge is 0.253 e. The molecule has 88 valence electrons. The van der Waals surface area contributed by atoms with Gasteiger partial charge in [0.25, 0.3) is 0 Å². The van der Waals surface area contributed by atoms with E-state index in [1.165, 1.54) is 0 Å². The van der Waals surface area contributed by atoms with Gasteiger partial charge in [-0.2, -0.15) is 6.07 Å². The number of benzene rings is 2. The fourth-order valence-corrected chi connectivity index (χ4v) is 2.01. The Hall–Kier alpha value is -0.428. The van der Waals surface area contributed by atoms with Gasteiger partial charge in [-0.1, -0.05) is 54.2 Å². The third-order valence-electron chi connectivity index (χ3n) is 2.83. The van der Waals surface area contributed by atoms with Crippen LogP contribution in [0.4, 0.5) is 0 Å². The maximum Gasteiger partial charge on any atom is 1.00 e. The summed E-state index contributed by atoms with van der Waals surface area (Å²) in [5, 5.41) is 4.46. The van der Waals surface area contributed by atoms with Gasteiger partial charge in [0, 0.05) is 0 Å². The van der Waals surface area contributed by atoms with Crippen LogP contribution in [0.3, 0.4) is 0 Å². The van der Waals surface area contributed by atoms with E-state index in [2.05, 4.69) is 24.2 Å². The molecule has 19 heavy (non-hydrogen) atoms. The molecule has 2 nitrogen and oxygen atoms in total. The zero-order chi connectivity index (χ0) is 12.4. The van der Waals surface area contributed by atoms with E-state index >= 15 is 0 Å². The van der Waals surface area contributed by atoms with E-state index in [0.29, 0.717) is 0 Å². The molecule has 0 aliphatic rings. The first-order valence-electron chi connectivity index (χ1n) is 5.87. The fraction of sp³-hybridized carbons (Fsp3) is 0. The van der Waals surface area contributed by atoms with Crippen molar-refractivity contribution in [2.24, 2.45) is 0 Å². The van der Waals surface area contributed by atoms with Crippen LogP contribution in [0.25, 0.3) is 16.9 Å². The maximum absolute atomic E-state index is 4.46. The quantitative estimate of drug-likeness (QED) is 0.612. The predicted molar refractivity (Wildman–Crippen MR) is 73.5 cm³/mol. The Bertz CT molecular complexity index is 588. The van der Waals surface area contributed by atoms with Gasteiger partial charge < -0.3 is 0 Å². The first-order chi connectivity index (χ1) is 8.84. The fourth-order valence-electron chi connectivity index (χ4n) is 2.01. The molecule has 3 heteroatoms. The SMILES string of the molecule is [CH2-]c1cc(-c2ccccc2)n(-c2ccccc2)n1.[Cs+]. The van der Waals surface area contributed by atoms with Gasteiger partial charge in [-0.3, -0.25) is 4.68 Å². The summed E-state index contributed by atoms with van der Waals surface area (Å²) in [6, 6.07) is 22.3. The molecule has 0 N–H and O–H groups in total. The Balaban J connectivity index is 0.00000133. The Morgan fingerprint density at radius 1 is 0.842 bits per heavy atom. The monoisotopic (exact) mass is 366 g/mol. The molecule has 3 rings (SSSR count). The molecular formula is C16H13CsN2. The van der Waals surface area contributed by atoms with E-state index in [0.717, 1.165) is 22.6 Å². The van der Waals surface area contributed by atoms with Crippen molar-refractivity contribution in [1.82, 2.24) is 9.78 Å². The maximum atomic E-state index is 4.46. The van der Waals surface area contributed by atoms with E-state index in [-0.39, 0.29) is 68.9 Å². The van der Waals surface area contributed by atoms with Crippen molar-refractivity contribution < 1.29 is 68.9 Å². The third kappa shape index (κ3) is 3.37. The largest absolute Gasteiger partial charge is 1.00 e. The van der Waals surface area contributed by atoms with E-state index in [1.807, 2.05) is 59.3 Å². The van der Waals surface area contributed by atoms with Crippen molar-refractivity contribution in [2.75, 3.05) is 0 Å². The summed E-state index contributed by atoms with van der Waals surface area (Å²) < 4.78 is 1.93. The Morgan fingerprint density at radius 2 is 1.42 bits per heavy atom. The molecular weight excluding hydrogens is 353 g/mol. The molecule has 0 amide bonds. The van der Waals surface area contributed by atoms with Crippen molar-refractivity contribution in [2.45, 2.75) is 0 Å². The first-order valence-corrected chi connectivity index (χ1v) is 5.87. The van der Waals surface area contributed by atoms with Crippen LogP contribution in [0.5, 0.6) is 0 Å². The number of rotatable bonds is 2. The molecule has 0 atom stereocenters. The molecule has 2 aromatic carbocycles. The topological polar surface area (TPSA) is 17.8 Å².